The molecule has 0 bridgehead atoms. The largest absolute Gasteiger partial charge is 0.351 e. The minimum Gasteiger partial charge on any atom is -0.351 e. The fraction of sp³-hybridized carbons (Fsp3) is 0.667. The van der Waals surface area contributed by atoms with Gasteiger partial charge in [0, 0.05) is 25.2 Å². The number of carbonyl (C=O) groups excluding carboxylic acids is 1. The highest BCUT2D eigenvalue weighted by Crippen LogP contribution is 2.20. The lowest BCUT2D eigenvalue weighted by Gasteiger charge is -2.34. The number of halogens is 1. The summed E-state index contributed by atoms with van der Waals surface area (Å²) in [7, 11) is 0. The van der Waals surface area contributed by atoms with Crippen molar-refractivity contribution in [2.45, 2.75) is 32.7 Å². The number of nitrogens with zero attached hydrogens (tertiary/aromatic N) is 2. The molecule has 1 amide bonds. The molecule has 6 heteroatoms. The summed E-state index contributed by atoms with van der Waals surface area (Å²) in [5.74, 6) is 0.639. The number of nitrogens with two attached hydrogens (primary N) is 1. The zero-order valence-corrected chi connectivity index (χ0v) is 11.6. The molecule has 1 saturated heterocycles. The Morgan fingerprint density at radius 3 is 2.94 bits per heavy atom. The number of amides is 1. The van der Waals surface area contributed by atoms with Crippen molar-refractivity contribution in [2.24, 2.45) is 11.7 Å². The van der Waals surface area contributed by atoms with E-state index in [1.807, 2.05) is 11.8 Å². The fourth-order valence-electron chi connectivity index (χ4n) is 2.24. The van der Waals surface area contributed by atoms with Crippen LogP contribution in [-0.2, 0) is 0 Å². The van der Waals surface area contributed by atoms with Gasteiger partial charge in [0.25, 0.3) is 5.91 Å². The second kappa shape index (κ2) is 6.20. The van der Waals surface area contributed by atoms with Crippen LogP contribution in [0.1, 0.15) is 36.0 Å². The summed E-state index contributed by atoms with van der Waals surface area (Å²) < 4.78 is 5.00. The molecule has 0 aliphatic carbocycles. The van der Waals surface area contributed by atoms with Gasteiger partial charge in [0.05, 0.1) is 5.69 Å². The van der Waals surface area contributed by atoms with E-state index in [1.54, 1.807) is 13.0 Å². The molecule has 0 spiro atoms. The van der Waals surface area contributed by atoms with Crippen molar-refractivity contribution < 1.29 is 9.32 Å². The Hall–Kier alpha value is -1.07. The highest BCUT2D eigenvalue weighted by atomic mass is 35.5. The van der Waals surface area contributed by atoms with Crippen LogP contribution in [0.3, 0.4) is 0 Å². The third kappa shape index (κ3) is 3.23. The number of aromatic nitrogens is 1. The van der Waals surface area contributed by atoms with Crippen LogP contribution in [0.2, 0.25) is 0 Å². The molecule has 0 saturated carbocycles. The van der Waals surface area contributed by atoms with Gasteiger partial charge in [0.1, 0.15) is 0 Å². The van der Waals surface area contributed by atoms with Crippen LogP contribution in [0, 0.1) is 12.8 Å². The van der Waals surface area contributed by atoms with Crippen molar-refractivity contribution in [1.29, 1.82) is 0 Å². The molecule has 5 nitrogen and oxygen atoms in total. The Morgan fingerprint density at radius 2 is 2.39 bits per heavy atom. The van der Waals surface area contributed by atoms with E-state index in [0.29, 0.717) is 11.7 Å². The van der Waals surface area contributed by atoms with Gasteiger partial charge in [-0.3, -0.25) is 4.79 Å². The molecule has 2 N–H and O–H groups in total. The Labute approximate surface area is 113 Å². The van der Waals surface area contributed by atoms with E-state index in [4.69, 9.17) is 10.3 Å². The monoisotopic (exact) mass is 273 g/mol. The van der Waals surface area contributed by atoms with Crippen LogP contribution in [-0.4, -0.2) is 35.1 Å². The first kappa shape index (κ1) is 15.0. The van der Waals surface area contributed by atoms with Crippen LogP contribution in [0.4, 0.5) is 0 Å². The zero-order valence-electron chi connectivity index (χ0n) is 10.8. The van der Waals surface area contributed by atoms with Gasteiger partial charge in [-0.2, -0.15) is 0 Å². The van der Waals surface area contributed by atoms with Gasteiger partial charge in [0.15, 0.2) is 0 Å². The lowest BCUT2D eigenvalue weighted by molar-refractivity contribution is 0.0619. The number of piperidine rings is 1. The standard InChI is InChI=1S/C12H19N3O2.ClH/c1-8-6-11(17-14-8)12(16)15-5-3-4-10(7-15)9(2)13;/h6,9-10H,3-5,7,13H2,1-2H3;1H. The predicted octanol–water partition coefficient (Wildman–Crippen LogP) is 1.60. The van der Waals surface area contributed by atoms with Crippen LogP contribution >= 0.6 is 12.4 Å². The quantitative estimate of drug-likeness (QED) is 0.888. The van der Waals surface area contributed by atoms with Crippen molar-refractivity contribution in [2.75, 3.05) is 13.1 Å². The summed E-state index contributed by atoms with van der Waals surface area (Å²) in [6.07, 6.45) is 2.10. The minimum absolute atomic E-state index is 0. The molecular formula is C12H20ClN3O2. The third-order valence-corrected chi connectivity index (χ3v) is 3.33. The van der Waals surface area contributed by atoms with Crippen LogP contribution < -0.4 is 5.73 Å². The van der Waals surface area contributed by atoms with Gasteiger partial charge in [-0.05, 0) is 32.6 Å². The van der Waals surface area contributed by atoms with E-state index in [9.17, 15) is 4.79 Å². The molecular weight excluding hydrogens is 254 g/mol. The molecule has 1 aliphatic heterocycles. The fourth-order valence-corrected chi connectivity index (χ4v) is 2.24. The van der Waals surface area contributed by atoms with Crippen LogP contribution in [0.5, 0.6) is 0 Å². The van der Waals surface area contributed by atoms with E-state index >= 15 is 0 Å². The van der Waals surface area contributed by atoms with Crippen molar-refractivity contribution in [3.05, 3.63) is 17.5 Å². The van der Waals surface area contributed by atoms with Crippen molar-refractivity contribution in [3.8, 4) is 0 Å². The molecule has 2 unspecified atom stereocenters. The van der Waals surface area contributed by atoms with Gasteiger partial charge >= 0.3 is 0 Å². The van der Waals surface area contributed by atoms with Crippen LogP contribution in [0.15, 0.2) is 10.6 Å². The lowest BCUT2D eigenvalue weighted by Crippen LogP contribution is -2.44. The molecule has 1 aliphatic rings. The molecule has 102 valence electrons. The Kier molecular flexibility index (Phi) is 5.16. The van der Waals surface area contributed by atoms with Gasteiger partial charge in [-0.1, -0.05) is 5.16 Å². The normalized spacial score (nSPS) is 21.3. The zero-order chi connectivity index (χ0) is 12.4. The molecule has 1 fully saturated rings. The summed E-state index contributed by atoms with van der Waals surface area (Å²) in [5.41, 5.74) is 6.63. The Morgan fingerprint density at radius 1 is 1.67 bits per heavy atom. The van der Waals surface area contributed by atoms with E-state index < -0.39 is 0 Å². The molecule has 2 atom stereocenters. The summed E-state index contributed by atoms with van der Waals surface area (Å²) in [5, 5.41) is 3.74. The molecule has 2 rings (SSSR count). The number of hydrogen-bond acceptors (Lipinski definition) is 4. The molecule has 18 heavy (non-hydrogen) atoms. The average Bonchev–Trinajstić information content (AvgIpc) is 2.75. The topological polar surface area (TPSA) is 72.4 Å². The number of aryl methyl sites for hydroxylation is 1. The summed E-state index contributed by atoms with van der Waals surface area (Å²) in [6, 6.07) is 1.81. The van der Waals surface area contributed by atoms with E-state index in [1.165, 1.54) is 0 Å². The first-order valence-electron chi connectivity index (χ1n) is 6.06. The van der Waals surface area contributed by atoms with E-state index in [0.717, 1.165) is 31.6 Å². The predicted molar refractivity (Wildman–Crippen MR) is 70.8 cm³/mol. The first-order valence-corrected chi connectivity index (χ1v) is 6.06. The van der Waals surface area contributed by atoms with Crippen molar-refractivity contribution in [1.82, 2.24) is 10.1 Å². The van der Waals surface area contributed by atoms with Gasteiger partial charge < -0.3 is 15.2 Å². The number of hydrogen-bond donors (Lipinski definition) is 1. The maximum absolute atomic E-state index is 12.1. The minimum atomic E-state index is -0.0732. The van der Waals surface area contributed by atoms with E-state index in [-0.39, 0.29) is 24.4 Å². The molecule has 0 aromatic carbocycles. The number of carbonyl (C=O) groups is 1. The number of rotatable bonds is 2. The first-order chi connectivity index (χ1) is 8.08. The second-order valence-corrected chi connectivity index (χ2v) is 4.85. The molecule has 0 radical (unpaired) electrons. The molecule has 1 aromatic rings. The third-order valence-electron chi connectivity index (χ3n) is 3.33. The second-order valence-electron chi connectivity index (χ2n) is 4.85. The highest BCUT2D eigenvalue weighted by Gasteiger charge is 2.28. The van der Waals surface area contributed by atoms with Crippen molar-refractivity contribution in [3.63, 3.8) is 0 Å². The maximum atomic E-state index is 12.1. The Bertz CT molecular complexity index is 406. The smallest absolute Gasteiger partial charge is 0.292 e. The lowest BCUT2D eigenvalue weighted by atomic mass is 9.92. The highest BCUT2D eigenvalue weighted by molar-refractivity contribution is 5.91. The van der Waals surface area contributed by atoms with Crippen LogP contribution in [0.25, 0.3) is 0 Å². The summed E-state index contributed by atoms with van der Waals surface area (Å²) in [6.45, 7) is 5.30. The van der Waals surface area contributed by atoms with Gasteiger partial charge in [-0.25, -0.2) is 0 Å². The SMILES string of the molecule is Cc1cc(C(=O)N2CCCC(C(C)N)C2)on1.Cl. The van der Waals surface area contributed by atoms with Gasteiger partial charge in [-0.15, -0.1) is 12.4 Å². The molecule has 1 aromatic heterocycles. The Balaban J connectivity index is 0.00000162. The maximum Gasteiger partial charge on any atom is 0.292 e. The average molecular weight is 274 g/mol. The van der Waals surface area contributed by atoms with Crippen molar-refractivity contribution >= 4 is 18.3 Å². The van der Waals surface area contributed by atoms with E-state index in [2.05, 4.69) is 5.16 Å². The number of likely N-dealkylation sites (tertiary alicyclic amines) is 1. The summed E-state index contributed by atoms with van der Waals surface area (Å²) in [4.78, 5) is 13.9. The molecule has 2 heterocycles. The van der Waals surface area contributed by atoms with Gasteiger partial charge in [0.2, 0.25) is 5.76 Å². The summed E-state index contributed by atoms with van der Waals surface area (Å²) >= 11 is 0.